The van der Waals surface area contributed by atoms with Crippen molar-refractivity contribution in [1.29, 1.82) is 0 Å². The van der Waals surface area contributed by atoms with Crippen LogP contribution in [0.3, 0.4) is 0 Å². The maximum atomic E-state index is 13.9. The van der Waals surface area contributed by atoms with E-state index in [0.29, 0.717) is 30.1 Å². The number of aromatic nitrogens is 2. The lowest BCUT2D eigenvalue weighted by Gasteiger charge is -2.35. The van der Waals surface area contributed by atoms with Crippen molar-refractivity contribution < 1.29 is 33.8 Å². The normalized spacial score (nSPS) is 13.4. The van der Waals surface area contributed by atoms with Crippen LogP contribution in [0.25, 0.3) is 0 Å². The van der Waals surface area contributed by atoms with Crippen LogP contribution in [0.2, 0.25) is 0 Å². The Labute approximate surface area is 215 Å². The number of benzene rings is 1. The lowest BCUT2D eigenvalue weighted by Crippen LogP contribution is -2.44. The second-order valence-electron chi connectivity index (χ2n) is 8.31. The molecule has 0 amide bonds. The molecule has 0 spiro atoms. The molecular weight excluding hydrogens is 493 g/mol. The average Bonchev–Trinajstić information content (AvgIpc) is 3.38. The van der Waals surface area contributed by atoms with Crippen molar-refractivity contribution in [3.8, 4) is 5.75 Å². The van der Waals surface area contributed by atoms with Crippen molar-refractivity contribution in [1.82, 2.24) is 15.0 Å². The Morgan fingerprint density at radius 2 is 2.03 bits per heavy atom. The zero-order valence-corrected chi connectivity index (χ0v) is 22.1. The molecule has 0 saturated carbocycles. The summed E-state index contributed by atoms with van der Waals surface area (Å²) in [4.78, 5) is 27.6. The number of carbonyl (C=O) groups is 2. The molecule has 3 rings (SSSR count). The van der Waals surface area contributed by atoms with Gasteiger partial charge in [0, 0.05) is 50.8 Å². The molecule has 0 bridgehead atoms. The van der Waals surface area contributed by atoms with Gasteiger partial charge in [0.1, 0.15) is 12.4 Å². The van der Waals surface area contributed by atoms with Crippen molar-refractivity contribution in [2.75, 3.05) is 49.2 Å². The Balaban J connectivity index is 0.000000826. The molecular formula is C23H36FN5O6S. The first-order valence-electron chi connectivity index (χ1n) is 11.4. The molecule has 1 saturated heterocycles. The molecule has 3 N–H and O–H groups in total. The maximum absolute atomic E-state index is 13.9. The number of Topliss-reactive ketones (excluding diaryl/α,β-unsaturated/α-hetero) is 1. The molecule has 36 heavy (non-hydrogen) atoms. The van der Waals surface area contributed by atoms with Crippen molar-refractivity contribution in [2.45, 2.75) is 45.6 Å². The minimum Gasteiger partial charge on any atom is -0.492 e. The first kappa shape index (κ1) is 31.3. The van der Waals surface area contributed by atoms with Gasteiger partial charge in [0.25, 0.3) is 0 Å². The number of piperidine rings is 1. The minimum atomic E-state index is -0.426. The lowest BCUT2D eigenvalue weighted by atomic mass is 10.0. The first-order valence-corrected chi connectivity index (χ1v) is 12.6. The van der Waals surface area contributed by atoms with Gasteiger partial charge < -0.3 is 18.9 Å². The number of hydrogen-bond donors (Lipinski definition) is 3. The van der Waals surface area contributed by atoms with Gasteiger partial charge in [0.2, 0.25) is 0 Å². The second kappa shape index (κ2) is 16.8. The summed E-state index contributed by atoms with van der Waals surface area (Å²) in [5.74, 6) is 0.840. The number of ether oxygens (including phenoxy) is 1. The van der Waals surface area contributed by atoms with Crippen molar-refractivity contribution >= 4 is 35.7 Å². The number of likely N-dealkylation sites (N-methyl/N-ethyl adjacent to an activating group) is 1. The third-order valence-corrected chi connectivity index (χ3v) is 5.76. The first-order chi connectivity index (χ1) is 17.2. The van der Waals surface area contributed by atoms with Crippen LogP contribution in [0.5, 0.6) is 5.75 Å². The number of hydrogen-bond acceptors (Lipinski definition) is 12. The number of ketones is 1. The van der Waals surface area contributed by atoms with Gasteiger partial charge in [-0.2, -0.15) is 4.98 Å². The van der Waals surface area contributed by atoms with Crippen LogP contribution in [0.1, 0.15) is 45.4 Å². The third kappa shape index (κ3) is 10.5. The topological polar surface area (TPSA) is 141 Å². The fourth-order valence-electron chi connectivity index (χ4n) is 3.36. The molecule has 1 fully saturated rings. The van der Waals surface area contributed by atoms with Gasteiger partial charge in [0.15, 0.2) is 23.7 Å². The maximum Gasteiger partial charge on any atom is 0.324 e. The Morgan fingerprint density at radius 1 is 1.39 bits per heavy atom. The van der Waals surface area contributed by atoms with Gasteiger partial charge in [-0.25, -0.2) is 4.39 Å². The van der Waals surface area contributed by atoms with Crippen LogP contribution in [0, 0.1) is 5.82 Å². The summed E-state index contributed by atoms with van der Waals surface area (Å²) in [6, 6.07) is 6.01. The smallest absolute Gasteiger partial charge is 0.324 e. The van der Waals surface area contributed by atoms with E-state index in [-0.39, 0.29) is 18.0 Å². The van der Waals surface area contributed by atoms with Crippen LogP contribution >= 0.6 is 11.9 Å². The molecule has 2 heterocycles. The largest absolute Gasteiger partial charge is 0.492 e. The standard InChI is InChI=1S/C20H30FN5O2S.C3H4O2.H2O2/c1-14(2)19-22-20(28-23-19)26-9-7-15(8-10-26)25(3)11-12-27-16-5-6-18(24-29-4)17(21)13-16;1-3(5)2-4;1-2/h5-6,13-15,24H,7-12H2,1-4H3;2H,1H3;1-2H. The highest BCUT2D eigenvalue weighted by Gasteiger charge is 2.25. The van der Waals surface area contributed by atoms with Crippen molar-refractivity contribution in [3.63, 3.8) is 0 Å². The zero-order valence-electron chi connectivity index (χ0n) is 21.3. The SMILES string of the molecule is CC(=O)C=O.CSNc1ccc(OCCN(C)C2CCN(c3nc(C(C)C)no3)CC2)cc1F.OO. The molecule has 0 aliphatic carbocycles. The molecule has 0 unspecified atom stereocenters. The Morgan fingerprint density at radius 3 is 2.53 bits per heavy atom. The third-order valence-electron chi connectivity index (χ3n) is 5.34. The summed E-state index contributed by atoms with van der Waals surface area (Å²) in [6.07, 6.45) is 4.19. The van der Waals surface area contributed by atoms with E-state index in [9.17, 15) is 9.18 Å². The molecule has 1 aromatic carbocycles. The number of carbonyl (C=O) groups excluding carboxylic acids is 2. The number of anilines is 2. The molecule has 0 atom stereocenters. The van der Waals surface area contributed by atoms with Gasteiger partial charge >= 0.3 is 6.01 Å². The monoisotopic (exact) mass is 529 g/mol. The Hall–Kier alpha value is -2.74. The molecule has 1 aliphatic rings. The summed E-state index contributed by atoms with van der Waals surface area (Å²) in [7, 11) is 2.11. The average molecular weight is 530 g/mol. The van der Waals surface area contributed by atoms with Gasteiger partial charge in [0.05, 0.1) is 5.69 Å². The molecule has 2 aromatic rings. The summed E-state index contributed by atoms with van der Waals surface area (Å²) >= 11 is 1.36. The summed E-state index contributed by atoms with van der Waals surface area (Å²) < 4.78 is 28.0. The fourth-order valence-corrected chi connectivity index (χ4v) is 3.74. The van der Waals surface area contributed by atoms with E-state index < -0.39 is 5.78 Å². The number of nitrogens with one attached hydrogen (secondary N) is 1. The quantitative estimate of drug-likeness (QED) is 0.135. The van der Waals surface area contributed by atoms with E-state index >= 15 is 0 Å². The van der Waals surface area contributed by atoms with Crippen LogP contribution in [0.4, 0.5) is 16.1 Å². The van der Waals surface area contributed by atoms with Crippen molar-refractivity contribution in [2.24, 2.45) is 0 Å². The summed E-state index contributed by atoms with van der Waals surface area (Å²) in [5, 5.41) is 16.0. The second-order valence-corrected chi connectivity index (χ2v) is 8.93. The Kier molecular flexibility index (Phi) is 14.6. The van der Waals surface area contributed by atoms with Gasteiger partial charge in [-0.05, 0) is 32.0 Å². The van der Waals surface area contributed by atoms with E-state index in [4.69, 9.17) is 24.6 Å². The predicted octanol–water partition coefficient (Wildman–Crippen LogP) is 3.79. The van der Waals surface area contributed by atoms with E-state index in [1.54, 1.807) is 12.1 Å². The highest BCUT2D eigenvalue weighted by molar-refractivity contribution is 7.99. The molecule has 13 heteroatoms. The number of aldehydes is 1. The van der Waals surface area contributed by atoms with Crippen LogP contribution in [-0.4, -0.2) is 83.2 Å². The number of rotatable bonds is 10. The Bertz CT molecular complexity index is 924. The van der Waals surface area contributed by atoms with Crippen LogP contribution < -0.4 is 14.4 Å². The molecule has 202 valence electrons. The molecule has 11 nitrogen and oxygen atoms in total. The zero-order chi connectivity index (χ0) is 27.1. The highest BCUT2D eigenvalue weighted by atomic mass is 32.2. The summed E-state index contributed by atoms with van der Waals surface area (Å²) in [6.45, 7) is 8.42. The van der Waals surface area contributed by atoms with Crippen LogP contribution in [-0.2, 0) is 9.59 Å². The van der Waals surface area contributed by atoms with Gasteiger partial charge in [-0.1, -0.05) is 31.0 Å². The lowest BCUT2D eigenvalue weighted by molar-refractivity contribution is -0.176. The van der Waals surface area contributed by atoms with Gasteiger partial charge in [-0.3, -0.25) is 25.0 Å². The highest BCUT2D eigenvalue weighted by Crippen LogP contribution is 2.24. The van der Waals surface area contributed by atoms with Gasteiger partial charge in [-0.15, -0.1) is 0 Å². The van der Waals surface area contributed by atoms with Crippen molar-refractivity contribution in [3.05, 3.63) is 29.8 Å². The predicted molar refractivity (Wildman–Crippen MR) is 137 cm³/mol. The van der Waals surface area contributed by atoms with E-state index in [0.717, 1.165) is 38.3 Å². The van der Waals surface area contributed by atoms with E-state index in [1.807, 2.05) is 6.26 Å². The minimum absolute atomic E-state index is 0.266. The fraction of sp³-hybridized carbons (Fsp3) is 0.565. The van der Waals surface area contributed by atoms with Crippen LogP contribution in [0.15, 0.2) is 22.7 Å². The van der Waals surface area contributed by atoms with E-state index in [2.05, 4.69) is 45.6 Å². The summed E-state index contributed by atoms with van der Waals surface area (Å²) in [5.41, 5.74) is 0.468. The van der Waals surface area contributed by atoms with E-state index in [1.165, 1.54) is 24.9 Å². The molecule has 1 aliphatic heterocycles. The number of halogens is 1. The molecule has 0 radical (unpaired) electrons. The number of nitrogens with zero attached hydrogens (tertiary/aromatic N) is 4. The molecule has 1 aromatic heterocycles.